The normalized spacial score (nSPS) is 11.4. The summed E-state index contributed by atoms with van der Waals surface area (Å²) < 4.78 is 12.9. The van der Waals surface area contributed by atoms with E-state index < -0.39 is 10.2 Å². The lowest BCUT2D eigenvalue weighted by molar-refractivity contribution is -0.384. The number of halogens is 1. The van der Waals surface area contributed by atoms with E-state index in [1.807, 2.05) is 0 Å². The smallest absolute Gasteiger partial charge is 0.292 e. The molecule has 0 radical (unpaired) electrons. The molecular weight excluding hydrogens is 399 g/mol. The Morgan fingerprint density at radius 3 is 2.52 bits per heavy atom. The molecule has 0 heterocycles. The van der Waals surface area contributed by atoms with Crippen LogP contribution in [-0.4, -0.2) is 40.8 Å². The largest absolute Gasteiger partial charge is 0.378 e. The van der Waals surface area contributed by atoms with Gasteiger partial charge < -0.3 is 16.0 Å². The first-order valence-electron chi connectivity index (χ1n) is 8.79. The molecule has 0 bridgehead atoms. The Kier molecular flexibility index (Phi) is 8.41. The van der Waals surface area contributed by atoms with Crippen molar-refractivity contribution in [2.75, 3.05) is 29.5 Å². The van der Waals surface area contributed by atoms with Gasteiger partial charge in [-0.1, -0.05) is 12.1 Å². The van der Waals surface area contributed by atoms with Crippen LogP contribution in [0.1, 0.15) is 6.92 Å². The quantitative estimate of drug-likeness (QED) is 0.309. The maximum Gasteiger partial charge on any atom is 0.292 e. The van der Waals surface area contributed by atoms with Gasteiger partial charge >= 0.3 is 0 Å². The van der Waals surface area contributed by atoms with Crippen LogP contribution in [0.4, 0.5) is 21.5 Å². The summed E-state index contributed by atoms with van der Waals surface area (Å²) in [6, 6.07) is 11.7. The first-order valence-corrected chi connectivity index (χ1v) is 9.83. The number of anilines is 2. The molecule has 2 amide bonds. The second kappa shape index (κ2) is 11.0. The van der Waals surface area contributed by atoms with E-state index in [0.29, 0.717) is 17.9 Å². The van der Waals surface area contributed by atoms with Crippen LogP contribution in [0.25, 0.3) is 0 Å². The number of para-hydroxylation sites is 2. The number of rotatable bonds is 10. The molecule has 29 heavy (non-hydrogen) atoms. The van der Waals surface area contributed by atoms with Crippen molar-refractivity contribution in [1.29, 1.82) is 0 Å². The fourth-order valence-corrected chi connectivity index (χ4v) is 3.02. The van der Waals surface area contributed by atoms with E-state index in [2.05, 4.69) is 16.0 Å². The number of carbonyl (C=O) groups excluding carboxylic acids is 2. The van der Waals surface area contributed by atoms with E-state index in [0.717, 1.165) is 0 Å². The van der Waals surface area contributed by atoms with E-state index in [-0.39, 0.29) is 35.6 Å². The first kappa shape index (κ1) is 22.2. The summed E-state index contributed by atoms with van der Waals surface area (Å²) in [6.45, 7) is 2.28. The highest BCUT2D eigenvalue weighted by atomic mass is 32.2. The summed E-state index contributed by atoms with van der Waals surface area (Å²) in [5, 5.41) is 18.8. The van der Waals surface area contributed by atoms with E-state index in [4.69, 9.17) is 0 Å². The van der Waals surface area contributed by atoms with Crippen molar-refractivity contribution in [2.24, 2.45) is 0 Å². The van der Waals surface area contributed by atoms with Gasteiger partial charge in [0.05, 0.1) is 15.9 Å². The van der Waals surface area contributed by atoms with Gasteiger partial charge in [-0.15, -0.1) is 11.8 Å². The second-order valence-corrected chi connectivity index (χ2v) is 7.33. The molecule has 1 atom stereocenters. The Labute approximate surface area is 171 Å². The summed E-state index contributed by atoms with van der Waals surface area (Å²) in [4.78, 5) is 34.5. The Morgan fingerprint density at radius 1 is 1.14 bits per heavy atom. The monoisotopic (exact) mass is 420 g/mol. The van der Waals surface area contributed by atoms with Gasteiger partial charge in [-0.25, -0.2) is 4.39 Å². The molecular formula is C19H21FN4O4S. The molecule has 2 aromatic carbocycles. The van der Waals surface area contributed by atoms with Gasteiger partial charge in [0.2, 0.25) is 11.8 Å². The summed E-state index contributed by atoms with van der Waals surface area (Å²) in [6.07, 6.45) is 0. The maximum atomic E-state index is 12.9. The standard InChI is InChI=1S/C19H21FN4O4S/c1-13(29-12-18(25)23-15-8-6-14(20)7-9-15)19(26)22-11-10-21-16-4-2-3-5-17(16)24(27)28/h2-9,13,21H,10-12H2,1H3,(H,22,26)(H,23,25)/t13-/m1/s1. The fourth-order valence-electron chi connectivity index (χ4n) is 2.32. The number of nitrogens with zero attached hydrogens (tertiary/aromatic N) is 1. The van der Waals surface area contributed by atoms with Crippen LogP contribution in [0.15, 0.2) is 48.5 Å². The molecule has 154 valence electrons. The predicted molar refractivity (Wildman–Crippen MR) is 112 cm³/mol. The highest BCUT2D eigenvalue weighted by Gasteiger charge is 2.15. The zero-order valence-electron chi connectivity index (χ0n) is 15.7. The average molecular weight is 420 g/mol. The molecule has 10 heteroatoms. The number of nitro benzene ring substituents is 1. The van der Waals surface area contributed by atoms with E-state index in [1.165, 1.54) is 42.1 Å². The average Bonchev–Trinajstić information content (AvgIpc) is 2.71. The minimum atomic E-state index is -0.476. The van der Waals surface area contributed by atoms with E-state index in [9.17, 15) is 24.1 Å². The molecule has 2 rings (SSSR count). The van der Waals surface area contributed by atoms with Crippen LogP contribution in [0, 0.1) is 15.9 Å². The summed E-state index contributed by atoms with van der Waals surface area (Å²) >= 11 is 1.17. The molecule has 3 N–H and O–H groups in total. The van der Waals surface area contributed by atoms with Crippen LogP contribution in [0.3, 0.4) is 0 Å². The van der Waals surface area contributed by atoms with Crippen molar-refractivity contribution in [3.05, 3.63) is 64.5 Å². The third-order valence-electron chi connectivity index (χ3n) is 3.80. The van der Waals surface area contributed by atoms with Crippen LogP contribution in [0.2, 0.25) is 0 Å². The molecule has 0 saturated heterocycles. The van der Waals surface area contributed by atoms with Crippen LogP contribution < -0.4 is 16.0 Å². The number of nitrogens with one attached hydrogen (secondary N) is 3. The third kappa shape index (κ3) is 7.41. The molecule has 0 unspecified atom stereocenters. The summed E-state index contributed by atoms with van der Waals surface area (Å²) in [5.41, 5.74) is 0.830. The van der Waals surface area contributed by atoms with E-state index >= 15 is 0 Å². The molecule has 8 nitrogen and oxygen atoms in total. The third-order valence-corrected chi connectivity index (χ3v) is 4.94. The second-order valence-electron chi connectivity index (χ2n) is 6.00. The predicted octanol–water partition coefficient (Wildman–Crippen LogP) is 3.02. The van der Waals surface area contributed by atoms with Crippen molar-refractivity contribution in [3.8, 4) is 0 Å². The van der Waals surface area contributed by atoms with Gasteiger partial charge in [0.25, 0.3) is 5.69 Å². The number of hydrogen-bond donors (Lipinski definition) is 3. The highest BCUT2D eigenvalue weighted by molar-refractivity contribution is 8.01. The fraction of sp³-hybridized carbons (Fsp3) is 0.263. The van der Waals surface area contributed by atoms with Crippen molar-refractivity contribution < 1.29 is 18.9 Å². The molecule has 0 aliphatic rings. The Bertz CT molecular complexity index is 864. The van der Waals surface area contributed by atoms with Crippen molar-refractivity contribution in [2.45, 2.75) is 12.2 Å². The van der Waals surface area contributed by atoms with Crippen LogP contribution >= 0.6 is 11.8 Å². The van der Waals surface area contributed by atoms with Crippen LogP contribution in [-0.2, 0) is 9.59 Å². The van der Waals surface area contributed by atoms with Crippen molar-refractivity contribution >= 4 is 40.6 Å². The van der Waals surface area contributed by atoms with Gasteiger partial charge in [-0.2, -0.15) is 0 Å². The SMILES string of the molecule is C[C@@H](SCC(=O)Nc1ccc(F)cc1)C(=O)NCCNc1ccccc1[N+](=O)[O-]. The van der Waals surface area contributed by atoms with Gasteiger partial charge in [-0.3, -0.25) is 19.7 Å². The Morgan fingerprint density at radius 2 is 1.83 bits per heavy atom. The topological polar surface area (TPSA) is 113 Å². The highest BCUT2D eigenvalue weighted by Crippen LogP contribution is 2.22. The minimum Gasteiger partial charge on any atom is -0.378 e. The summed E-state index contributed by atoms with van der Waals surface area (Å²) in [7, 11) is 0. The molecule has 0 saturated carbocycles. The van der Waals surface area contributed by atoms with Crippen molar-refractivity contribution in [3.63, 3.8) is 0 Å². The zero-order chi connectivity index (χ0) is 21.2. The molecule has 0 fully saturated rings. The molecule has 0 aliphatic heterocycles. The lowest BCUT2D eigenvalue weighted by Crippen LogP contribution is -2.35. The molecule has 0 spiro atoms. The molecule has 0 aliphatic carbocycles. The number of hydrogen-bond acceptors (Lipinski definition) is 6. The first-order chi connectivity index (χ1) is 13.9. The molecule has 0 aromatic heterocycles. The lowest BCUT2D eigenvalue weighted by Gasteiger charge is -2.13. The van der Waals surface area contributed by atoms with Gasteiger partial charge in [0.1, 0.15) is 11.5 Å². The number of nitro groups is 1. The van der Waals surface area contributed by atoms with E-state index in [1.54, 1.807) is 25.1 Å². The zero-order valence-corrected chi connectivity index (χ0v) is 16.5. The lowest BCUT2D eigenvalue weighted by atomic mass is 10.2. The molecule has 2 aromatic rings. The number of carbonyl (C=O) groups is 2. The Hall–Kier alpha value is -3.14. The van der Waals surface area contributed by atoms with Crippen molar-refractivity contribution in [1.82, 2.24) is 5.32 Å². The number of amides is 2. The number of benzene rings is 2. The number of thioether (sulfide) groups is 1. The Balaban J connectivity index is 1.68. The minimum absolute atomic E-state index is 0.0325. The van der Waals surface area contributed by atoms with Gasteiger partial charge in [0, 0.05) is 24.8 Å². The maximum absolute atomic E-state index is 12.9. The van der Waals surface area contributed by atoms with Gasteiger partial charge in [0.15, 0.2) is 0 Å². The summed E-state index contributed by atoms with van der Waals surface area (Å²) in [5.74, 6) is -0.854. The van der Waals surface area contributed by atoms with Gasteiger partial charge in [-0.05, 0) is 37.3 Å². The van der Waals surface area contributed by atoms with Crippen LogP contribution in [0.5, 0.6) is 0 Å².